The van der Waals surface area contributed by atoms with Gasteiger partial charge in [-0.2, -0.15) is 0 Å². The lowest BCUT2D eigenvalue weighted by Gasteiger charge is -2.34. The van der Waals surface area contributed by atoms with Crippen LogP contribution in [0.2, 0.25) is 0 Å². The van der Waals surface area contributed by atoms with Crippen molar-refractivity contribution in [1.82, 2.24) is 0 Å². The molecule has 0 aromatic heterocycles. The molecule has 1 rings (SSSR count). The summed E-state index contributed by atoms with van der Waals surface area (Å²) in [5.41, 5.74) is 2.86. The van der Waals surface area contributed by atoms with Crippen LogP contribution in [-0.4, -0.2) is 45.7 Å². The van der Waals surface area contributed by atoms with Crippen LogP contribution < -0.4 is 0 Å². The largest absolute Gasteiger partial charge is 0.726 e. The second kappa shape index (κ2) is 14.9. The van der Waals surface area contributed by atoms with E-state index in [1.165, 1.54) is 75.3 Å². The Hall–Kier alpha value is -0.950. The number of unbranched alkanes of at least 4 members (excludes halogenated alkanes) is 8. The minimum absolute atomic E-state index is 0.625. The number of benzene rings is 1. The fraction of sp³-hybridized carbons (Fsp3) is 0.739. The predicted molar refractivity (Wildman–Crippen MR) is 121 cm³/mol. The van der Waals surface area contributed by atoms with E-state index in [0.717, 1.165) is 11.6 Å². The van der Waals surface area contributed by atoms with Crippen molar-refractivity contribution in [2.75, 3.05) is 28.3 Å². The van der Waals surface area contributed by atoms with Crippen LogP contribution >= 0.6 is 0 Å². The van der Waals surface area contributed by atoms with Crippen molar-refractivity contribution in [1.29, 1.82) is 0 Å². The Labute approximate surface area is 180 Å². The first-order chi connectivity index (χ1) is 13.5. The number of aryl methyl sites for hydroxylation is 1. The molecule has 0 saturated heterocycles. The second-order valence-corrected chi connectivity index (χ2v) is 9.88. The molecule has 1 aromatic rings. The molecule has 1 unspecified atom stereocenters. The third-order valence-corrected chi connectivity index (χ3v) is 5.59. The summed E-state index contributed by atoms with van der Waals surface area (Å²) in [7, 11) is 3.39. The summed E-state index contributed by atoms with van der Waals surface area (Å²) in [6.07, 6.45) is 14.0. The van der Waals surface area contributed by atoms with Crippen molar-refractivity contribution in [3.05, 3.63) is 35.4 Å². The van der Waals surface area contributed by atoms with E-state index >= 15 is 0 Å². The van der Waals surface area contributed by atoms with Gasteiger partial charge in [0, 0.05) is 12.0 Å². The van der Waals surface area contributed by atoms with Crippen LogP contribution in [0.1, 0.15) is 88.3 Å². The van der Waals surface area contributed by atoms with E-state index < -0.39 is 10.4 Å². The Morgan fingerprint density at radius 2 is 1.31 bits per heavy atom. The average molecular weight is 430 g/mol. The van der Waals surface area contributed by atoms with Crippen molar-refractivity contribution < 1.29 is 21.6 Å². The molecule has 0 aliphatic rings. The molecule has 6 heteroatoms. The maximum Gasteiger partial charge on any atom is 0.217 e. The molecule has 0 aliphatic heterocycles. The molecule has 0 saturated carbocycles. The minimum atomic E-state index is -4.41. The third-order valence-electron chi connectivity index (χ3n) is 5.18. The molecule has 0 fully saturated rings. The highest BCUT2D eigenvalue weighted by Gasteiger charge is 2.24. The lowest BCUT2D eigenvalue weighted by Crippen LogP contribution is -2.38. The lowest BCUT2D eigenvalue weighted by atomic mass is 9.96. The van der Waals surface area contributed by atoms with Gasteiger partial charge in [0.25, 0.3) is 0 Å². The fourth-order valence-corrected chi connectivity index (χ4v) is 3.44. The van der Waals surface area contributed by atoms with Gasteiger partial charge in [0.1, 0.15) is 6.04 Å². The zero-order valence-electron chi connectivity index (χ0n) is 19.4. The summed E-state index contributed by atoms with van der Waals surface area (Å²) < 4.78 is 32.0. The molecule has 0 amide bonds. The number of quaternary nitrogens is 1. The highest BCUT2D eigenvalue weighted by molar-refractivity contribution is 7.80. The highest BCUT2D eigenvalue weighted by Crippen LogP contribution is 2.29. The molecule has 5 nitrogen and oxygen atoms in total. The number of hydrogen-bond donors (Lipinski definition) is 0. The van der Waals surface area contributed by atoms with Gasteiger partial charge in [-0.05, 0) is 13.3 Å². The predicted octanol–water partition coefficient (Wildman–Crippen LogP) is 5.76. The molecule has 0 aliphatic carbocycles. The Bertz CT molecular complexity index is 621. The van der Waals surface area contributed by atoms with E-state index in [1.807, 2.05) is 0 Å². The third kappa shape index (κ3) is 15.5. The maximum absolute atomic E-state index is 9.22. The monoisotopic (exact) mass is 429 g/mol. The smallest absolute Gasteiger partial charge is 0.217 e. The molecule has 0 bridgehead atoms. The van der Waals surface area contributed by atoms with Crippen molar-refractivity contribution in [2.24, 2.45) is 0 Å². The van der Waals surface area contributed by atoms with Gasteiger partial charge >= 0.3 is 0 Å². The maximum atomic E-state index is 9.22. The molecule has 0 radical (unpaired) electrons. The zero-order chi connectivity index (χ0) is 22.3. The van der Waals surface area contributed by atoms with Crippen LogP contribution in [0.5, 0.6) is 0 Å². The van der Waals surface area contributed by atoms with Crippen molar-refractivity contribution in [3.8, 4) is 0 Å². The quantitative estimate of drug-likeness (QED) is 0.173. The first kappa shape index (κ1) is 28.1. The van der Waals surface area contributed by atoms with E-state index in [9.17, 15) is 13.0 Å². The van der Waals surface area contributed by atoms with E-state index in [2.05, 4.69) is 63.4 Å². The SMILES string of the molecule is CCCCCCCCCCCC(c1ccc(C)cc1)[N+](C)(C)C.COS(=O)(=O)[O-]. The van der Waals surface area contributed by atoms with Crippen LogP contribution in [0.15, 0.2) is 24.3 Å². The van der Waals surface area contributed by atoms with E-state index in [0.29, 0.717) is 6.04 Å². The molecule has 1 aromatic carbocycles. The van der Waals surface area contributed by atoms with Gasteiger partial charge in [-0.1, -0.05) is 88.1 Å². The number of hydrogen-bond acceptors (Lipinski definition) is 4. The Kier molecular flexibility index (Phi) is 14.5. The second-order valence-electron chi connectivity index (χ2n) is 8.73. The molecule has 170 valence electrons. The Balaban J connectivity index is 0.00000113. The van der Waals surface area contributed by atoms with Gasteiger partial charge in [0.05, 0.1) is 28.3 Å². The first-order valence-electron chi connectivity index (χ1n) is 10.9. The Morgan fingerprint density at radius 1 is 0.897 bits per heavy atom. The molecule has 1 atom stereocenters. The van der Waals surface area contributed by atoms with Crippen LogP contribution in [0.25, 0.3) is 0 Å². The molecule has 0 heterocycles. The summed E-state index contributed by atoms with van der Waals surface area (Å²) in [6.45, 7) is 4.46. The van der Waals surface area contributed by atoms with Crippen LogP contribution in [-0.2, 0) is 14.6 Å². The zero-order valence-corrected chi connectivity index (χ0v) is 20.3. The summed E-state index contributed by atoms with van der Waals surface area (Å²) in [5, 5.41) is 0. The van der Waals surface area contributed by atoms with E-state index in [-0.39, 0.29) is 0 Å². The molecule has 0 spiro atoms. The van der Waals surface area contributed by atoms with Gasteiger partial charge < -0.3 is 9.04 Å². The van der Waals surface area contributed by atoms with Crippen LogP contribution in [0.4, 0.5) is 0 Å². The minimum Gasteiger partial charge on any atom is -0.726 e. The summed E-state index contributed by atoms with van der Waals surface area (Å²) in [6, 6.07) is 9.80. The standard InChI is InChI=1S/C22H40N.CH4O4S/c1-6-7-8-9-10-11-12-13-14-15-22(23(3,4)5)21-18-16-20(2)17-19-21;1-5-6(2,3)4/h16-19,22H,6-15H2,1-5H3;1H3,(H,2,3,4)/q+1;/p-1. The highest BCUT2D eigenvalue weighted by atomic mass is 32.3. The summed E-state index contributed by atoms with van der Waals surface area (Å²) in [5.74, 6) is 0. The molecule has 29 heavy (non-hydrogen) atoms. The summed E-state index contributed by atoms with van der Waals surface area (Å²) >= 11 is 0. The van der Waals surface area contributed by atoms with Crippen LogP contribution in [0.3, 0.4) is 0 Å². The lowest BCUT2D eigenvalue weighted by molar-refractivity contribution is -0.902. The Morgan fingerprint density at radius 3 is 1.69 bits per heavy atom. The number of rotatable bonds is 13. The van der Waals surface area contributed by atoms with Gasteiger partial charge in [0.15, 0.2) is 0 Å². The van der Waals surface area contributed by atoms with Crippen molar-refractivity contribution in [3.63, 3.8) is 0 Å². The average Bonchev–Trinajstić information content (AvgIpc) is 2.63. The first-order valence-corrected chi connectivity index (χ1v) is 12.2. The van der Waals surface area contributed by atoms with Crippen molar-refractivity contribution in [2.45, 2.75) is 84.1 Å². The van der Waals surface area contributed by atoms with Gasteiger partial charge in [0.2, 0.25) is 10.4 Å². The normalized spacial score (nSPS) is 12.9. The van der Waals surface area contributed by atoms with E-state index in [1.54, 1.807) is 0 Å². The molecular formula is C23H43NO4S. The number of nitrogens with zero attached hydrogens (tertiary/aromatic N) is 1. The topological polar surface area (TPSA) is 66.4 Å². The molecule has 0 N–H and O–H groups in total. The van der Waals surface area contributed by atoms with Gasteiger partial charge in [-0.15, -0.1) is 0 Å². The van der Waals surface area contributed by atoms with Gasteiger partial charge in [-0.3, -0.25) is 4.18 Å². The van der Waals surface area contributed by atoms with Gasteiger partial charge in [-0.25, -0.2) is 8.42 Å². The fourth-order valence-electron chi connectivity index (χ4n) is 3.44. The van der Waals surface area contributed by atoms with Crippen molar-refractivity contribution >= 4 is 10.4 Å². The summed E-state index contributed by atoms with van der Waals surface area (Å²) in [4.78, 5) is 0. The van der Waals surface area contributed by atoms with E-state index in [4.69, 9.17) is 0 Å². The molecular weight excluding hydrogens is 386 g/mol. The van der Waals surface area contributed by atoms with Crippen LogP contribution in [0, 0.1) is 6.92 Å².